The lowest BCUT2D eigenvalue weighted by atomic mass is 9.96. The van der Waals surface area contributed by atoms with E-state index in [9.17, 15) is 19.2 Å². The maximum absolute atomic E-state index is 12.5. The third-order valence-electron chi connectivity index (χ3n) is 6.09. The molecule has 32 heavy (non-hydrogen) atoms. The summed E-state index contributed by atoms with van der Waals surface area (Å²) in [5, 5.41) is 2.99. The van der Waals surface area contributed by atoms with Crippen LogP contribution in [0.2, 0.25) is 0 Å². The molecule has 1 saturated heterocycles. The van der Waals surface area contributed by atoms with Gasteiger partial charge in [0.25, 0.3) is 0 Å². The molecular formula is C23H32N4O5. The highest BCUT2D eigenvalue weighted by Crippen LogP contribution is 2.34. The van der Waals surface area contributed by atoms with Crippen LogP contribution in [-0.4, -0.2) is 40.7 Å². The zero-order chi connectivity index (χ0) is 23.4. The number of benzene rings is 1. The van der Waals surface area contributed by atoms with Gasteiger partial charge in [-0.1, -0.05) is 13.3 Å². The molecule has 0 atom stereocenters. The topological polar surface area (TPSA) is 103 Å². The fourth-order valence-corrected chi connectivity index (χ4v) is 4.14. The summed E-state index contributed by atoms with van der Waals surface area (Å²) in [7, 11) is 3.13. The van der Waals surface area contributed by atoms with Crippen molar-refractivity contribution in [2.45, 2.75) is 46.0 Å². The summed E-state index contributed by atoms with van der Waals surface area (Å²) in [6, 6.07) is 3.60. The second kappa shape index (κ2) is 10.0. The number of aryl methyl sites for hydroxylation is 2. The SMILES string of the molecule is CCCCC(=O)Nc1cc2c(cc1N1CCC(C(=O)OCC)CC1)n(C)c(=O)c(=O)n2C. The van der Waals surface area contributed by atoms with E-state index in [4.69, 9.17) is 4.74 Å². The minimum absolute atomic E-state index is 0.0938. The Labute approximate surface area is 187 Å². The van der Waals surface area contributed by atoms with Crippen molar-refractivity contribution < 1.29 is 14.3 Å². The number of piperidine rings is 1. The van der Waals surface area contributed by atoms with Gasteiger partial charge in [-0.2, -0.15) is 0 Å². The van der Waals surface area contributed by atoms with Crippen LogP contribution >= 0.6 is 0 Å². The summed E-state index contributed by atoms with van der Waals surface area (Å²) in [6.45, 7) is 5.43. The fourth-order valence-electron chi connectivity index (χ4n) is 4.14. The summed E-state index contributed by atoms with van der Waals surface area (Å²) in [4.78, 5) is 51.4. The van der Waals surface area contributed by atoms with E-state index in [0.717, 1.165) is 18.5 Å². The van der Waals surface area contributed by atoms with Crippen LogP contribution in [0.1, 0.15) is 46.0 Å². The van der Waals surface area contributed by atoms with Crippen molar-refractivity contribution in [1.29, 1.82) is 0 Å². The second-order valence-electron chi connectivity index (χ2n) is 8.25. The van der Waals surface area contributed by atoms with Crippen LogP contribution in [0.5, 0.6) is 0 Å². The Morgan fingerprint density at radius 2 is 1.62 bits per heavy atom. The lowest BCUT2D eigenvalue weighted by molar-refractivity contribution is -0.148. The van der Waals surface area contributed by atoms with Gasteiger partial charge in [-0.3, -0.25) is 19.2 Å². The van der Waals surface area contributed by atoms with Gasteiger partial charge in [-0.05, 0) is 38.3 Å². The van der Waals surface area contributed by atoms with Gasteiger partial charge in [-0.25, -0.2) is 0 Å². The van der Waals surface area contributed by atoms with Gasteiger partial charge in [0.15, 0.2) is 0 Å². The Bertz CT molecular complexity index is 1130. The molecule has 2 aromatic rings. The summed E-state index contributed by atoms with van der Waals surface area (Å²) in [5.74, 6) is -0.403. The van der Waals surface area contributed by atoms with E-state index in [1.807, 2.05) is 13.0 Å². The number of aromatic nitrogens is 2. The number of ether oxygens (including phenoxy) is 1. The number of rotatable bonds is 7. The molecule has 0 radical (unpaired) electrons. The van der Waals surface area contributed by atoms with Crippen molar-refractivity contribution in [3.63, 3.8) is 0 Å². The maximum atomic E-state index is 12.5. The Morgan fingerprint density at radius 3 is 2.19 bits per heavy atom. The molecule has 1 aromatic carbocycles. The van der Waals surface area contributed by atoms with E-state index in [0.29, 0.717) is 55.7 Å². The van der Waals surface area contributed by atoms with Crippen LogP contribution in [0.4, 0.5) is 11.4 Å². The highest BCUT2D eigenvalue weighted by molar-refractivity contribution is 5.98. The summed E-state index contributed by atoms with van der Waals surface area (Å²) in [5.41, 5.74) is 1.32. The number of fused-ring (bicyclic) bond motifs is 1. The monoisotopic (exact) mass is 444 g/mol. The average Bonchev–Trinajstić information content (AvgIpc) is 2.80. The Hall–Kier alpha value is -3.10. The molecule has 1 N–H and O–H groups in total. The average molecular weight is 445 g/mol. The molecular weight excluding hydrogens is 412 g/mol. The van der Waals surface area contributed by atoms with Gasteiger partial charge in [0.2, 0.25) is 5.91 Å². The standard InChI is InChI=1S/C23H32N4O5/c1-5-7-8-20(28)24-16-13-18-19(26(4)22(30)21(29)25(18)3)14-17(16)27-11-9-15(10-12-27)23(31)32-6-2/h13-15H,5-12H2,1-4H3,(H,24,28). The molecule has 0 unspecified atom stereocenters. The molecule has 0 spiro atoms. The molecule has 0 saturated carbocycles. The van der Waals surface area contributed by atoms with Crippen molar-refractivity contribution >= 4 is 34.3 Å². The van der Waals surface area contributed by atoms with Crippen molar-refractivity contribution in [2.75, 3.05) is 29.9 Å². The molecule has 1 amide bonds. The first-order valence-electron chi connectivity index (χ1n) is 11.2. The molecule has 1 aliphatic rings. The Balaban J connectivity index is 2.02. The summed E-state index contributed by atoms with van der Waals surface area (Å²) >= 11 is 0. The number of amides is 1. The number of unbranched alkanes of at least 4 members (excludes halogenated alkanes) is 1. The number of carbonyl (C=O) groups excluding carboxylic acids is 2. The van der Waals surface area contributed by atoms with Crippen molar-refractivity contribution in [1.82, 2.24) is 9.13 Å². The molecule has 174 valence electrons. The van der Waals surface area contributed by atoms with Gasteiger partial charge in [0, 0.05) is 33.6 Å². The third kappa shape index (κ3) is 4.71. The van der Waals surface area contributed by atoms with Crippen LogP contribution in [0.15, 0.2) is 21.7 Å². The minimum Gasteiger partial charge on any atom is -0.466 e. The smallest absolute Gasteiger partial charge is 0.316 e. The zero-order valence-electron chi connectivity index (χ0n) is 19.3. The maximum Gasteiger partial charge on any atom is 0.316 e. The number of carbonyl (C=O) groups is 2. The zero-order valence-corrected chi connectivity index (χ0v) is 19.3. The number of esters is 1. The molecule has 9 nitrogen and oxygen atoms in total. The highest BCUT2D eigenvalue weighted by atomic mass is 16.5. The number of nitrogens with one attached hydrogen (secondary N) is 1. The van der Waals surface area contributed by atoms with Crippen LogP contribution in [0.25, 0.3) is 11.0 Å². The lowest BCUT2D eigenvalue weighted by Gasteiger charge is -2.34. The first-order valence-corrected chi connectivity index (χ1v) is 11.2. The van der Waals surface area contributed by atoms with Gasteiger partial charge in [-0.15, -0.1) is 0 Å². The molecule has 2 heterocycles. The largest absolute Gasteiger partial charge is 0.466 e. The molecule has 1 aromatic heterocycles. The Morgan fingerprint density at radius 1 is 1.03 bits per heavy atom. The van der Waals surface area contributed by atoms with E-state index in [1.165, 1.54) is 9.13 Å². The quantitative estimate of drug-likeness (QED) is 0.519. The van der Waals surface area contributed by atoms with Gasteiger partial charge < -0.3 is 24.1 Å². The Kier molecular flexibility index (Phi) is 7.37. The van der Waals surface area contributed by atoms with Crippen molar-refractivity contribution in [2.24, 2.45) is 20.0 Å². The van der Waals surface area contributed by atoms with Gasteiger partial charge in [0.1, 0.15) is 0 Å². The van der Waals surface area contributed by atoms with Gasteiger partial charge in [0.05, 0.1) is 34.9 Å². The fraction of sp³-hybridized carbons (Fsp3) is 0.565. The highest BCUT2D eigenvalue weighted by Gasteiger charge is 2.28. The summed E-state index contributed by atoms with van der Waals surface area (Å²) in [6.07, 6.45) is 3.40. The predicted octanol–water partition coefficient (Wildman–Crippen LogP) is 2.15. The number of nitrogens with zero attached hydrogens (tertiary/aromatic N) is 3. The molecule has 9 heteroatoms. The summed E-state index contributed by atoms with van der Waals surface area (Å²) < 4.78 is 7.82. The van der Waals surface area contributed by atoms with Crippen LogP contribution in [0, 0.1) is 5.92 Å². The molecule has 1 aliphatic heterocycles. The van der Waals surface area contributed by atoms with Gasteiger partial charge >= 0.3 is 17.1 Å². The lowest BCUT2D eigenvalue weighted by Crippen LogP contribution is -2.40. The normalized spacial score (nSPS) is 14.6. The van der Waals surface area contributed by atoms with Crippen LogP contribution < -0.4 is 21.3 Å². The third-order valence-corrected chi connectivity index (χ3v) is 6.09. The van der Waals surface area contributed by atoms with Crippen LogP contribution in [-0.2, 0) is 28.4 Å². The molecule has 3 rings (SSSR count). The second-order valence-corrected chi connectivity index (χ2v) is 8.25. The number of anilines is 2. The number of hydrogen-bond donors (Lipinski definition) is 1. The first kappa shape index (κ1) is 23.6. The molecule has 0 bridgehead atoms. The van der Waals surface area contributed by atoms with E-state index in [2.05, 4.69) is 10.2 Å². The predicted molar refractivity (Wildman–Crippen MR) is 124 cm³/mol. The van der Waals surface area contributed by atoms with Crippen molar-refractivity contribution in [3.05, 3.63) is 32.8 Å². The van der Waals surface area contributed by atoms with E-state index >= 15 is 0 Å². The minimum atomic E-state index is -0.619. The molecule has 0 aliphatic carbocycles. The van der Waals surface area contributed by atoms with E-state index < -0.39 is 11.1 Å². The molecule has 1 fully saturated rings. The first-order chi connectivity index (χ1) is 15.3. The van der Waals surface area contributed by atoms with Crippen LogP contribution in [0.3, 0.4) is 0 Å². The van der Waals surface area contributed by atoms with E-state index in [1.54, 1.807) is 27.1 Å². The van der Waals surface area contributed by atoms with Crippen molar-refractivity contribution in [3.8, 4) is 0 Å². The van der Waals surface area contributed by atoms with E-state index in [-0.39, 0.29) is 17.8 Å². The number of hydrogen-bond acceptors (Lipinski definition) is 6.